The summed E-state index contributed by atoms with van der Waals surface area (Å²) in [5, 5.41) is 9.79. The quantitative estimate of drug-likeness (QED) is 0.629. The van der Waals surface area contributed by atoms with Crippen LogP contribution in [0.2, 0.25) is 0 Å². The molecule has 6 nitrogen and oxygen atoms in total. The summed E-state index contributed by atoms with van der Waals surface area (Å²) in [6, 6.07) is 2.71. The Bertz CT molecular complexity index is 452. The SMILES string of the molecule is COC(=O)c1ccc(OC)c(OC(C)=O)c1O. The molecule has 92 valence electrons. The van der Waals surface area contributed by atoms with Crippen molar-refractivity contribution in [1.82, 2.24) is 0 Å². The molecule has 0 saturated heterocycles. The smallest absolute Gasteiger partial charge is 0.341 e. The minimum atomic E-state index is -0.737. The lowest BCUT2D eigenvalue weighted by Crippen LogP contribution is -2.07. The van der Waals surface area contributed by atoms with E-state index in [1.165, 1.54) is 33.3 Å². The van der Waals surface area contributed by atoms with Crippen molar-refractivity contribution in [2.45, 2.75) is 6.92 Å². The van der Waals surface area contributed by atoms with E-state index in [4.69, 9.17) is 9.47 Å². The van der Waals surface area contributed by atoms with Crippen molar-refractivity contribution >= 4 is 11.9 Å². The van der Waals surface area contributed by atoms with Crippen LogP contribution >= 0.6 is 0 Å². The molecule has 0 aliphatic carbocycles. The van der Waals surface area contributed by atoms with E-state index < -0.39 is 17.7 Å². The van der Waals surface area contributed by atoms with Crippen molar-refractivity contribution < 1.29 is 28.9 Å². The van der Waals surface area contributed by atoms with Crippen LogP contribution in [0.25, 0.3) is 0 Å². The second-order valence-corrected chi connectivity index (χ2v) is 3.08. The molecule has 0 atom stereocenters. The van der Waals surface area contributed by atoms with Gasteiger partial charge in [-0.3, -0.25) is 4.79 Å². The summed E-state index contributed by atoms with van der Waals surface area (Å²) >= 11 is 0. The van der Waals surface area contributed by atoms with E-state index in [2.05, 4.69) is 4.74 Å². The van der Waals surface area contributed by atoms with Crippen molar-refractivity contribution in [2.75, 3.05) is 14.2 Å². The molecule has 0 heterocycles. The van der Waals surface area contributed by atoms with Gasteiger partial charge in [0.1, 0.15) is 5.56 Å². The number of hydrogen-bond donors (Lipinski definition) is 1. The predicted octanol–water partition coefficient (Wildman–Crippen LogP) is 1.11. The zero-order valence-corrected chi connectivity index (χ0v) is 9.64. The number of phenols is 1. The lowest BCUT2D eigenvalue weighted by atomic mass is 10.1. The van der Waals surface area contributed by atoms with Gasteiger partial charge < -0.3 is 19.3 Å². The number of phenolic OH excluding ortho intramolecular Hbond substituents is 1. The Labute approximate surface area is 97.7 Å². The summed E-state index contributed by atoms with van der Waals surface area (Å²) in [6.07, 6.45) is 0. The highest BCUT2D eigenvalue weighted by Gasteiger charge is 2.21. The topological polar surface area (TPSA) is 82.1 Å². The van der Waals surface area contributed by atoms with E-state index in [0.29, 0.717) is 0 Å². The lowest BCUT2D eigenvalue weighted by Gasteiger charge is -2.11. The number of benzene rings is 1. The number of ether oxygens (including phenoxy) is 3. The molecule has 0 aliphatic rings. The summed E-state index contributed by atoms with van der Waals surface area (Å²) in [5.74, 6) is -1.93. The second-order valence-electron chi connectivity index (χ2n) is 3.08. The van der Waals surface area contributed by atoms with E-state index in [0.717, 1.165) is 0 Å². The molecule has 0 unspecified atom stereocenters. The Hall–Kier alpha value is -2.24. The maximum Gasteiger partial charge on any atom is 0.341 e. The van der Waals surface area contributed by atoms with Gasteiger partial charge in [0, 0.05) is 6.92 Å². The van der Waals surface area contributed by atoms with Crippen molar-refractivity contribution in [3.05, 3.63) is 17.7 Å². The molecule has 1 rings (SSSR count). The minimum absolute atomic E-state index is 0.107. The number of carbonyl (C=O) groups excluding carboxylic acids is 2. The van der Waals surface area contributed by atoms with Crippen LogP contribution in [0.1, 0.15) is 17.3 Å². The number of aromatic hydroxyl groups is 1. The monoisotopic (exact) mass is 240 g/mol. The van der Waals surface area contributed by atoms with Gasteiger partial charge in [0.2, 0.25) is 5.75 Å². The lowest BCUT2D eigenvalue weighted by molar-refractivity contribution is -0.132. The van der Waals surface area contributed by atoms with Crippen molar-refractivity contribution in [3.63, 3.8) is 0 Å². The maximum atomic E-state index is 11.3. The largest absolute Gasteiger partial charge is 0.504 e. The molecule has 1 aromatic rings. The summed E-state index contributed by atoms with van der Waals surface area (Å²) < 4.78 is 14.2. The Morgan fingerprint density at radius 2 is 1.88 bits per heavy atom. The van der Waals surface area contributed by atoms with E-state index >= 15 is 0 Å². The predicted molar refractivity (Wildman–Crippen MR) is 57.3 cm³/mol. The summed E-state index contributed by atoms with van der Waals surface area (Å²) in [5.41, 5.74) is -0.107. The van der Waals surface area contributed by atoms with Crippen LogP contribution in [-0.4, -0.2) is 31.3 Å². The van der Waals surface area contributed by atoms with Gasteiger partial charge in [-0.25, -0.2) is 4.79 Å². The third kappa shape index (κ3) is 2.66. The number of rotatable bonds is 3. The average molecular weight is 240 g/mol. The Kier molecular flexibility index (Phi) is 3.92. The summed E-state index contributed by atoms with van der Waals surface area (Å²) in [6.45, 7) is 1.17. The van der Waals surface area contributed by atoms with Crippen LogP contribution in [0.4, 0.5) is 0 Å². The standard InChI is InChI=1S/C11H12O6/c1-6(12)17-10-8(15-2)5-4-7(9(10)13)11(14)16-3/h4-5,13H,1-3H3. The molecule has 0 fully saturated rings. The fourth-order valence-electron chi connectivity index (χ4n) is 1.23. The van der Waals surface area contributed by atoms with Crippen molar-refractivity contribution in [2.24, 2.45) is 0 Å². The van der Waals surface area contributed by atoms with Crippen molar-refractivity contribution in [3.8, 4) is 17.2 Å². The molecule has 0 bridgehead atoms. The molecule has 1 N–H and O–H groups in total. The fourth-order valence-corrected chi connectivity index (χ4v) is 1.23. The number of methoxy groups -OCH3 is 2. The first-order valence-electron chi connectivity index (χ1n) is 4.68. The molecule has 1 aromatic carbocycles. The Morgan fingerprint density at radius 1 is 1.24 bits per heavy atom. The molecule has 0 amide bonds. The molecule has 0 saturated carbocycles. The van der Waals surface area contributed by atoms with Crippen LogP contribution in [0.15, 0.2) is 12.1 Å². The first-order chi connectivity index (χ1) is 8.01. The normalized spacial score (nSPS) is 9.59. The van der Waals surface area contributed by atoms with Crippen LogP contribution in [-0.2, 0) is 9.53 Å². The molecule has 0 aliphatic heterocycles. The highest BCUT2D eigenvalue weighted by Crippen LogP contribution is 2.39. The van der Waals surface area contributed by atoms with Crippen LogP contribution in [0.3, 0.4) is 0 Å². The number of esters is 2. The van der Waals surface area contributed by atoms with Crippen LogP contribution < -0.4 is 9.47 Å². The van der Waals surface area contributed by atoms with Crippen LogP contribution in [0.5, 0.6) is 17.2 Å². The average Bonchev–Trinajstić information content (AvgIpc) is 2.30. The van der Waals surface area contributed by atoms with E-state index in [-0.39, 0.29) is 17.1 Å². The molecular formula is C11H12O6. The van der Waals surface area contributed by atoms with Crippen molar-refractivity contribution in [1.29, 1.82) is 0 Å². The maximum absolute atomic E-state index is 11.3. The molecule has 0 spiro atoms. The van der Waals surface area contributed by atoms with Gasteiger partial charge in [-0.2, -0.15) is 0 Å². The molecule has 0 radical (unpaired) electrons. The molecular weight excluding hydrogens is 228 g/mol. The Balaban J connectivity index is 3.31. The number of hydrogen-bond acceptors (Lipinski definition) is 6. The molecule has 17 heavy (non-hydrogen) atoms. The number of carbonyl (C=O) groups is 2. The molecule has 0 aromatic heterocycles. The van der Waals surface area contributed by atoms with Gasteiger partial charge in [0.05, 0.1) is 14.2 Å². The third-order valence-electron chi connectivity index (χ3n) is 1.97. The first kappa shape index (κ1) is 12.8. The van der Waals surface area contributed by atoms with Gasteiger partial charge in [-0.1, -0.05) is 0 Å². The van der Waals surface area contributed by atoms with Gasteiger partial charge in [0.15, 0.2) is 11.5 Å². The van der Waals surface area contributed by atoms with E-state index in [1.807, 2.05) is 0 Å². The Morgan fingerprint density at radius 3 is 2.35 bits per heavy atom. The molecule has 6 heteroatoms. The van der Waals surface area contributed by atoms with E-state index in [1.54, 1.807) is 0 Å². The zero-order chi connectivity index (χ0) is 13.0. The minimum Gasteiger partial charge on any atom is -0.504 e. The van der Waals surface area contributed by atoms with Gasteiger partial charge >= 0.3 is 11.9 Å². The first-order valence-corrected chi connectivity index (χ1v) is 4.68. The van der Waals surface area contributed by atoms with Gasteiger partial charge in [0.25, 0.3) is 0 Å². The van der Waals surface area contributed by atoms with E-state index in [9.17, 15) is 14.7 Å². The second kappa shape index (κ2) is 5.20. The van der Waals surface area contributed by atoms with Gasteiger partial charge in [-0.15, -0.1) is 0 Å². The van der Waals surface area contributed by atoms with Crippen LogP contribution in [0, 0.1) is 0 Å². The highest BCUT2D eigenvalue weighted by atomic mass is 16.6. The zero-order valence-electron chi connectivity index (χ0n) is 9.64. The summed E-state index contributed by atoms with van der Waals surface area (Å²) in [4.78, 5) is 22.2. The fraction of sp³-hybridized carbons (Fsp3) is 0.273. The highest BCUT2D eigenvalue weighted by molar-refractivity contribution is 5.94. The third-order valence-corrected chi connectivity index (χ3v) is 1.97. The summed E-state index contributed by atoms with van der Waals surface area (Å²) in [7, 11) is 2.52. The van der Waals surface area contributed by atoms with Gasteiger partial charge in [-0.05, 0) is 12.1 Å².